The molecule has 0 aromatic rings. The Bertz CT molecular complexity index is 308. The first-order valence-corrected chi connectivity index (χ1v) is 5.34. The Hall–Kier alpha value is -1.14. The number of hydrogen-bond donors (Lipinski definition) is 0. The fourth-order valence-electron chi connectivity index (χ4n) is 1.36. The van der Waals surface area contributed by atoms with Crippen molar-refractivity contribution in [2.75, 3.05) is 7.11 Å². The molecule has 0 aromatic heterocycles. The summed E-state index contributed by atoms with van der Waals surface area (Å²) in [6.07, 6.45) is 5.34. The van der Waals surface area contributed by atoms with Crippen LogP contribution < -0.4 is 0 Å². The van der Waals surface area contributed by atoms with Crippen molar-refractivity contribution in [1.82, 2.24) is 0 Å². The summed E-state index contributed by atoms with van der Waals surface area (Å²) in [7, 11) is 1.45. The molecule has 0 heterocycles. The predicted molar refractivity (Wildman–Crippen MR) is 62.9 cm³/mol. The lowest BCUT2D eigenvalue weighted by Gasteiger charge is -2.26. The van der Waals surface area contributed by atoms with Gasteiger partial charge < -0.3 is 4.74 Å². The van der Waals surface area contributed by atoms with E-state index >= 15 is 0 Å². The third kappa shape index (κ3) is 3.46. The molecule has 3 nitrogen and oxygen atoms in total. The van der Waals surface area contributed by atoms with Crippen LogP contribution in [0.25, 0.3) is 0 Å². The minimum Gasteiger partial charge on any atom is -0.371 e. The topological polar surface area (TPSA) is 43.4 Å². The summed E-state index contributed by atoms with van der Waals surface area (Å²) in [4.78, 5) is 24.0. The van der Waals surface area contributed by atoms with Crippen LogP contribution in [0.15, 0.2) is 0 Å². The van der Waals surface area contributed by atoms with Crippen LogP contribution in [-0.2, 0) is 14.3 Å². The van der Waals surface area contributed by atoms with Crippen LogP contribution in [0, 0.1) is 24.2 Å². The minimum atomic E-state index is -0.966. The second kappa shape index (κ2) is 5.81. The van der Waals surface area contributed by atoms with Crippen molar-refractivity contribution in [2.45, 2.75) is 39.7 Å². The molecule has 90 valence electrons. The average Bonchev–Trinajstić information content (AvgIpc) is 2.23. The van der Waals surface area contributed by atoms with Gasteiger partial charge in [0, 0.05) is 19.4 Å². The number of methoxy groups -OCH3 is 1. The van der Waals surface area contributed by atoms with Gasteiger partial charge in [-0.05, 0) is 13.8 Å². The van der Waals surface area contributed by atoms with Gasteiger partial charge in [-0.2, -0.15) is 0 Å². The molecular weight excluding hydrogens is 204 g/mol. The molecule has 0 fully saturated rings. The van der Waals surface area contributed by atoms with E-state index in [0.717, 1.165) is 0 Å². The zero-order valence-electron chi connectivity index (χ0n) is 10.7. The highest BCUT2D eigenvalue weighted by molar-refractivity contribution is 6.06. The van der Waals surface area contributed by atoms with Crippen LogP contribution in [0.4, 0.5) is 0 Å². The fourth-order valence-corrected chi connectivity index (χ4v) is 1.36. The Labute approximate surface area is 97.6 Å². The Morgan fingerprint density at radius 3 is 2.19 bits per heavy atom. The van der Waals surface area contributed by atoms with Gasteiger partial charge in [-0.15, -0.1) is 12.3 Å². The zero-order chi connectivity index (χ0) is 12.9. The predicted octanol–water partition coefficient (Wildman–Crippen LogP) is 1.85. The maximum Gasteiger partial charge on any atom is 0.175 e. The Morgan fingerprint density at radius 1 is 1.38 bits per heavy atom. The van der Waals surface area contributed by atoms with E-state index in [2.05, 4.69) is 5.92 Å². The summed E-state index contributed by atoms with van der Waals surface area (Å²) in [5.74, 6) is 1.07. The maximum atomic E-state index is 12.1. The van der Waals surface area contributed by atoms with E-state index in [1.165, 1.54) is 7.11 Å². The summed E-state index contributed by atoms with van der Waals surface area (Å²) in [5, 5.41) is 0. The van der Waals surface area contributed by atoms with E-state index in [1.54, 1.807) is 27.7 Å². The lowest BCUT2D eigenvalue weighted by molar-refractivity contribution is -0.146. The average molecular weight is 224 g/mol. The number of rotatable bonds is 6. The van der Waals surface area contributed by atoms with E-state index in [0.29, 0.717) is 0 Å². The molecule has 3 heteroatoms. The third-order valence-electron chi connectivity index (χ3n) is 2.65. The lowest BCUT2D eigenvalue weighted by Crippen LogP contribution is -2.42. The van der Waals surface area contributed by atoms with Crippen LogP contribution in [0.5, 0.6) is 0 Å². The number of Topliss-reactive ketones (excluding diaryl/α,β-unsaturated/α-hetero) is 2. The zero-order valence-corrected chi connectivity index (χ0v) is 10.7. The van der Waals surface area contributed by atoms with Crippen molar-refractivity contribution < 1.29 is 14.3 Å². The highest BCUT2D eigenvalue weighted by Gasteiger charge is 2.37. The van der Waals surface area contributed by atoms with Crippen molar-refractivity contribution in [3.8, 4) is 12.3 Å². The minimum absolute atomic E-state index is 0.118. The monoisotopic (exact) mass is 224 g/mol. The molecule has 0 N–H and O–H groups in total. The second-order valence-electron chi connectivity index (χ2n) is 4.60. The van der Waals surface area contributed by atoms with E-state index in [9.17, 15) is 9.59 Å². The molecule has 0 bridgehead atoms. The first kappa shape index (κ1) is 14.9. The van der Waals surface area contributed by atoms with Gasteiger partial charge in [-0.1, -0.05) is 13.8 Å². The number of carbonyl (C=O) groups is 2. The van der Waals surface area contributed by atoms with E-state index < -0.39 is 11.5 Å². The van der Waals surface area contributed by atoms with Crippen LogP contribution in [0.1, 0.15) is 34.1 Å². The molecule has 0 saturated heterocycles. The molecule has 1 atom stereocenters. The van der Waals surface area contributed by atoms with Crippen LogP contribution in [0.2, 0.25) is 0 Å². The van der Waals surface area contributed by atoms with Gasteiger partial charge in [0.05, 0.1) is 5.92 Å². The molecule has 0 radical (unpaired) electrons. The fraction of sp³-hybridized carbons (Fsp3) is 0.692. The summed E-state index contributed by atoms with van der Waals surface area (Å²) >= 11 is 0. The molecular formula is C13H20O3. The Balaban J connectivity index is 5.02. The summed E-state index contributed by atoms with van der Waals surface area (Å²) in [5.41, 5.74) is -0.966. The van der Waals surface area contributed by atoms with Crippen molar-refractivity contribution in [3.05, 3.63) is 0 Å². The van der Waals surface area contributed by atoms with Gasteiger partial charge in [0.1, 0.15) is 11.4 Å². The second-order valence-corrected chi connectivity index (χ2v) is 4.60. The normalized spacial score (nSPS) is 13.3. The van der Waals surface area contributed by atoms with Crippen molar-refractivity contribution in [2.24, 2.45) is 11.8 Å². The van der Waals surface area contributed by atoms with E-state index in [-0.39, 0.29) is 23.9 Å². The standard InChI is InChI=1S/C13H20O3/c1-7-8-10(11(14)9(2)3)12(15)13(4,5)16-6/h1,9-10H,8H2,2-6H3. The number of terminal acetylenes is 1. The van der Waals surface area contributed by atoms with E-state index in [1.807, 2.05) is 0 Å². The Morgan fingerprint density at radius 2 is 1.88 bits per heavy atom. The molecule has 0 saturated carbocycles. The molecule has 0 aromatic carbocycles. The Kier molecular flexibility index (Phi) is 5.40. The molecule has 1 unspecified atom stereocenters. The van der Waals surface area contributed by atoms with Crippen molar-refractivity contribution in [1.29, 1.82) is 0 Å². The van der Waals surface area contributed by atoms with Crippen molar-refractivity contribution >= 4 is 11.6 Å². The van der Waals surface area contributed by atoms with Gasteiger partial charge >= 0.3 is 0 Å². The van der Waals surface area contributed by atoms with Crippen LogP contribution in [0.3, 0.4) is 0 Å². The molecule has 0 rings (SSSR count). The number of hydrogen-bond acceptors (Lipinski definition) is 3. The van der Waals surface area contributed by atoms with Gasteiger partial charge in [0.25, 0.3) is 0 Å². The SMILES string of the molecule is C#CCC(C(=O)C(C)C)C(=O)C(C)(C)OC. The quantitative estimate of drug-likeness (QED) is 0.511. The number of carbonyl (C=O) groups excluding carboxylic acids is 2. The summed E-state index contributed by atoms with van der Waals surface area (Å²) in [6.45, 7) is 6.82. The van der Waals surface area contributed by atoms with Crippen molar-refractivity contribution in [3.63, 3.8) is 0 Å². The lowest BCUT2D eigenvalue weighted by atomic mass is 9.83. The summed E-state index contributed by atoms with van der Waals surface area (Å²) < 4.78 is 5.09. The van der Waals surface area contributed by atoms with Crippen LogP contribution in [-0.4, -0.2) is 24.3 Å². The molecule has 0 aliphatic rings. The highest BCUT2D eigenvalue weighted by atomic mass is 16.5. The molecule has 0 spiro atoms. The smallest absolute Gasteiger partial charge is 0.175 e. The van der Waals surface area contributed by atoms with Gasteiger partial charge in [0.2, 0.25) is 0 Å². The first-order valence-electron chi connectivity index (χ1n) is 5.34. The van der Waals surface area contributed by atoms with Gasteiger partial charge in [-0.3, -0.25) is 9.59 Å². The molecule has 0 amide bonds. The van der Waals surface area contributed by atoms with Gasteiger partial charge in [-0.25, -0.2) is 0 Å². The number of ketones is 2. The molecule has 0 aliphatic carbocycles. The molecule has 16 heavy (non-hydrogen) atoms. The van der Waals surface area contributed by atoms with E-state index in [4.69, 9.17) is 11.2 Å². The largest absolute Gasteiger partial charge is 0.371 e. The summed E-state index contributed by atoms with van der Waals surface area (Å²) in [6, 6.07) is 0. The van der Waals surface area contributed by atoms with Gasteiger partial charge in [0.15, 0.2) is 5.78 Å². The number of ether oxygens (including phenoxy) is 1. The molecule has 0 aliphatic heterocycles. The highest BCUT2D eigenvalue weighted by Crippen LogP contribution is 2.21. The maximum absolute atomic E-state index is 12.1. The first-order chi connectivity index (χ1) is 7.27. The van der Waals surface area contributed by atoms with Crippen LogP contribution >= 0.6 is 0 Å². The third-order valence-corrected chi connectivity index (χ3v) is 2.65.